The molecular weight excluding hydrogens is 366 g/mol. The van der Waals surface area contributed by atoms with E-state index >= 15 is 0 Å². The third-order valence-electron chi connectivity index (χ3n) is 5.14. The molecule has 1 aromatic carbocycles. The highest BCUT2D eigenvalue weighted by Gasteiger charge is 2.37. The third kappa shape index (κ3) is 2.94. The minimum absolute atomic E-state index is 0.0582. The van der Waals surface area contributed by atoms with Crippen LogP contribution in [0.25, 0.3) is 11.3 Å². The molecule has 4 rings (SSSR count). The van der Waals surface area contributed by atoms with Crippen LogP contribution in [0.1, 0.15) is 52.0 Å². The molecule has 3 aromatic rings. The summed E-state index contributed by atoms with van der Waals surface area (Å²) in [6, 6.07) is 7.26. The van der Waals surface area contributed by atoms with Gasteiger partial charge in [-0.2, -0.15) is 0 Å². The molecule has 0 unspecified atom stereocenters. The quantitative estimate of drug-likeness (QED) is 0.642. The van der Waals surface area contributed by atoms with E-state index in [1.54, 1.807) is 13.0 Å². The van der Waals surface area contributed by atoms with Crippen molar-refractivity contribution < 1.29 is 13.8 Å². The number of aryl methyl sites for hydroxylation is 3. The lowest BCUT2D eigenvalue weighted by atomic mass is 10.0. The van der Waals surface area contributed by atoms with Gasteiger partial charge in [0.15, 0.2) is 0 Å². The molecule has 1 aliphatic heterocycles. The fourth-order valence-electron chi connectivity index (χ4n) is 3.88. The van der Waals surface area contributed by atoms with Gasteiger partial charge in [-0.3, -0.25) is 4.79 Å². The van der Waals surface area contributed by atoms with Gasteiger partial charge in [0.1, 0.15) is 22.8 Å². The van der Waals surface area contributed by atoms with E-state index in [4.69, 9.17) is 20.6 Å². The van der Waals surface area contributed by atoms with Crippen LogP contribution in [-0.2, 0) is 0 Å². The lowest BCUT2D eigenvalue weighted by molar-refractivity contribution is 0.0733. The maximum Gasteiger partial charge on any atom is 0.260 e. The van der Waals surface area contributed by atoms with Crippen molar-refractivity contribution in [1.29, 1.82) is 0 Å². The minimum atomic E-state index is -0.105. The van der Waals surface area contributed by atoms with Crippen LogP contribution in [-0.4, -0.2) is 27.7 Å². The molecule has 6 nitrogen and oxygen atoms in total. The molecule has 0 saturated carbocycles. The van der Waals surface area contributed by atoms with Gasteiger partial charge in [0.05, 0.1) is 16.8 Å². The SMILES string of the molecule is Cc1noc(C)c1[C@H]1CCCN1C(=O)c1c(-c2ccccc2Cl)noc1C. The van der Waals surface area contributed by atoms with Crippen LogP contribution in [0, 0.1) is 20.8 Å². The topological polar surface area (TPSA) is 72.4 Å². The third-order valence-corrected chi connectivity index (χ3v) is 5.47. The van der Waals surface area contributed by atoms with E-state index < -0.39 is 0 Å². The Morgan fingerprint density at radius 1 is 1.15 bits per heavy atom. The number of halogens is 1. The zero-order valence-corrected chi connectivity index (χ0v) is 16.2. The van der Waals surface area contributed by atoms with Crippen molar-refractivity contribution in [3.8, 4) is 11.3 Å². The van der Waals surface area contributed by atoms with Crippen molar-refractivity contribution in [2.75, 3.05) is 6.54 Å². The standard InChI is InChI=1S/C20H20ClN3O3/c1-11-17(12(2)26-22-11)16-9-6-10-24(16)20(25)18-13(3)27-23-19(18)14-7-4-5-8-15(14)21/h4-5,7-8,16H,6,9-10H2,1-3H3/t16-/m1/s1. The Kier molecular flexibility index (Phi) is 4.52. The zero-order valence-electron chi connectivity index (χ0n) is 15.5. The van der Waals surface area contributed by atoms with E-state index in [9.17, 15) is 4.79 Å². The lowest BCUT2D eigenvalue weighted by Crippen LogP contribution is -2.31. The number of amides is 1. The summed E-state index contributed by atoms with van der Waals surface area (Å²) in [5.74, 6) is 1.14. The van der Waals surface area contributed by atoms with Crippen molar-refractivity contribution in [3.05, 3.63) is 57.6 Å². The first kappa shape index (κ1) is 17.8. The van der Waals surface area contributed by atoms with Gasteiger partial charge in [-0.1, -0.05) is 40.1 Å². The predicted molar refractivity (Wildman–Crippen MR) is 101 cm³/mol. The first-order chi connectivity index (χ1) is 13.0. The number of rotatable bonds is 3. The van der Waals surface area contributed by atoms with Crippen molar-refractivity contribution in [2.24, 2.45) is 0 Å². The van der Waals surface area contributed by atoms with E-state index in [2.05, 4.69) is 10.3 Å². The Morgan fingerprint density at radius 3 is 2.59 bits per heavy atom. The van der Waals surface area contributed by atoms with Gasteiger partial charge < -0.3 is 13.9 Å². The molecule has 1 aliphatic rings. The molecule has 2 aromatic heterocycles. The Morgan fingerprint density at radius 2 is 1.89 bits per heavy atom. The number of likely N-dealkylation sites (tertiary alicyclic amines) is 1. The fourth-order valence-corrected chi connectivity index (χ4v) is 4.11. The second-order valence-corrected chi connectivity index (χ2v) is 7.24. The Hall–Kier alpha value is -2.60. The van der Waals surface area contributed by atoms with Gasteiger partial charge in [-0.25, -0.2) is 0 Å². The molecule has 140 valence electrons. The van der Waals surface area contributed by atoms with E-state index in [1.807, 2.05) is 36.9 Å². The monoisotopic (exact) mass is 385 g/mol. The number of aromatic nitrogens is 2. The van der Waals surface area contributed by atoms with Crippen LogP contribution < -0.4 is 0 Å². The van der Waals surface area contributed by atoms with E-state index in [1.165, 1.54) is 0 Å². The smallest absolute Gasteiger partial charge is 0.260 e. The number of hydrogen-bond donors (Lipinski definition) is 0. The summed E-state index contributed by atoms with van der Waals surface area (Å²) in [5.41, 5.74) is 3.45. The zero-order chi connectivity index (χ0) is 19.1. The highest BCUT2D eigenvalue weighted by molar-refractivity contribution is 6.33. The second-order valence-electron chi connectivity index (χ2n) is 6.84. The molecule has 1 amide bonds. The molecule has 1 saturated heterocycles. The average molecular weight is 386 g/mol. The van der Waals surface area contributed by atoms with Gasteiger partial charge in [0.2, 0.25) is 0 Å². The molecule has 3 heterocycles. The Balaban J connectivity index is 1.76. The van der Waals surface area contributed by atoms with Crippen LogP contribution in [0.15, 0.2) is 33.3 Å². The van der Waals surface area contributed by atoms with Crippen molar-refractivity contribution in [1.82, 2.24) is 15.2 Å². The summed E-state index contributed by atoms with van der Waals surface area (Å²) in [6.45, 7) is 6.21. The number of carbonyl (C=O) groups excluding carboxylic acids is 1. The number of hydrogen-bond acceptors (Lipinski definition) is 5. The van der Waals surface area contributed by atoms with Crippen LogP contribution in [0.3, 0.4) is 0 Å². The normalized spacial score (nSPS) is 16.9. The fraction of sp³-hybridized carbons (Fsp3) is 0.350. The van der Waals surface area contributed by atoms with Crippen LogP contribution >= 0.6 is 11.6 Å². The molecule has 0 spiro atoms. The van der Waals surface area contributed by atoms with Gasteiger partial charge in [-0.15, -0.1) is 0 Å². The van der Waals surface area contributed by atoms with Gasteiger partial charge in [0, 0.05) is 17.7 Å². The minimum Gasteiger partial charge on any atom is -0.361 e. The number of benzene rings is 1. The van der Waals surface area contributed by atoms with E-state index in [-0.39, 0.29) is 11.9 Å². The summed E-state index contributed by atoms with van der Waals surface area (Å²) < 4.78 is 10.7. The average Bonchev–Trinajstić information content (AvgIpc) is 3.34. The molecule has 0 radical (unpaired) electrons. The summed E-state index contributed by atoms with van der Waals surface area (Å²) in [4.78, 5) is 15.4. The first-order valence-electron chi connectivity index (χ1n) is 8.94. The molecule has 1 atom stereocenters. The van der Waals surface area contributed by atoms with Gasteiger partial charge in [-0.05, 0) is 39.7 Å². The number of nitrogens with zero attached hydrogens (tertiary/aromatic N) is 3. The summed E-state index contributed by atoms with van der Waals surface area (Å²) in [6.07, 6.45) is 1.80. The Bertz CT molecular complexity index is 988. The first-order valence-corrected chi connectivity index (χ1v) is 9.31. The highest BCUT2D eigenvalue weighted by atomic mass is 35.5. The Labute approximate surface area is 162 Å². The van der Waals surface area contributed by atoms with Crippen LogP contribution in [0.4, 0.5) is 0 Å². The van der Waals surface area contributed by atoms with E-state index in [0.29, 0.717) is 34.1 Å². The number of carbonyl (C=O) groups is 1. The molecule has 0 N–H and O–H groups in total. The molecular formula is C20H20ClN3O3. The maximum absolute atomic E-state index is 13.5. The molecule has 0 bridgehead atoms. The van der Waals surface area contributed by atoms with Crippen LogP contribution in [0.5, 0.6) is 0 Å². The maximum atomic E-state index is 13.5. The highest BCUT2D eigenvalue weighted by Crippen LogP contribution is 2.39. The predicted octanol–water partition coefficient (Wildman–Crippen LogP) is 4.89. The summed E-state index contributed by atoms with van der Waals surface area (Å²) in [5, 5.41) is 8.71. The second kappa shape index (κ2) is 6.85. The molecule has 7 heteroatoms. The molecule has 27 heavy (non-hydrogen) atoms. The largest absolute Gasteiger partial charge is 0.361 e. The molecule has 0 aliphatic carbocycles. The van der Waals surface area contributed by atoms with Crippen molar-refractivity contribution in [3.63, 3.8) is 0 Å². The lowest BCUT2D eigenvalue weighted by Gasteiger charge is -2.25. The van der Waals surface area contributed by atoms with Crippen LogP contribution in [0.2, 0.25) is 5.02 Å². The van der Waals surface area contributed by atoms with Gasteiger partial charge in [0.25, 0.3) is 5.91 Å². The summed E-state index contributed by atoms with van der Waals surface area (Å²) in [7, 11) is 0. The van der Waals surface area contributed by atoms with Gasteiger partial charge >= 0.3 is 0 Å². The van der Waals surface area contributed by atoms with Crippen molar-refractivity contribution >= 4 is 17.5 Å². The molecule has 1 fully saturated rings. The summed E-state index contributed by atoms with van der Waals surface area (Å²) >= 11 is 6.33. The van der Waals surface area contributed by atoms with Crippen molar-refractivity contribution in [2.45, 2.75) is 39.7 Å². The van der Waals surface area contributed by atoms with E-state index in [0.717, 1.165) is 29.9 Å².